The van der Waals surface area contributed by atoms with E-state index in [1.807, 2.05) is 6.92 Å². The quantitative estimate of drug-likeness (QED) is 0.187. The first-order valence-electron chi connectivity index (χ1n) is 11.2. The lowest BCUT2D eigenvalue weighted by atomic mass is 10.1. The molecular formula is C22H40IN5O2S. The van der Waals surface area contributed by atoms with Crippen LogP contribution in [0.5, 0.6) is 0 Å². The molecule has 1 heterocycles. The summed E-state index contributed by atoms with van der Waals surface area (Å²) in [4.78, 5) is 7.20. The molecule has 0 spiro atoms. The zero-order valence-corrected chi connectivity index (χ0v) is 22.4. The molecule has 0 unspecified atom stereocenters. The predicted octanol–water partition coefficient (Wildman–Crippen LogP) is 3.02. The molecule has 1 aliphatic rings. The summed E-state index contributed by atoms with van der Waals surface area (Å²) in [5, 5.41) is 6.54. The minimum atomic E-state index is -3.11. The van der Waals surface area contributed by atoms with Crippen LogP contribution in [-0.2, 0) is 23.1 Å². The molecule has 0 radical (unpaired) electrons. The number of halogens is 1. The summed E-state index contributed by atoms with van der Waals surface area (Å²) in [6.07, 6.45) is 4.73. The maximum atomic E-state index is 11.8. The highest BCUT2D eigenvalue weighted by Crippen LogP contribution is 2.14. The van der Waals surface area contributed by atoms with Gasteiger partial charge in [0.05, 0.1) is 12.3 Å². The first-order chi connectivity index (χ1) is 14.4. The van der Waals surface area contributed by atoms with Gasteiger partial charge in [0, 0.05) is 33.2 Å². The molecule has 9 heteroatoms. The maximum absolute atomic E-state index is 11.8. The van der Waals surface area contributed by atoms with Crippen molar-refractivity contribution in [2.45, 2.75) is 52.6 Å². The minimum Gasteiger partial charge on any atom is -0.357 e. The molecule has 1 aromatic carbocycles. The number of guanidine groups is 1. The van der Waals surface area contributed by atoms with Gasteiger partial charge in [-0.1, -0.05) is 30.7 Å². The van der Waals surface area contributed by atoms with E-state index in [0.29, 0.717) is 19.6 Å². The molecule has 0 saturated carbocycles. The van der Waals surface area contributed by atoms with E-state index in [1.165, 1.54) is 47.8 Å². The average Bonchev–Trinajstić information content (AvgIpc) is 2.76. The monoisotopic (exact) mass is 565 g/mol. The van der Waals surface area contributed by atoms with Gasteiger partial charge >= 0.3 is 0 Å². The van der Waals surface area contributed by atoms with Gasteiger partial charge in [-0.3, -0.25) is 4.90 Å². The molecule has 0 amide bonds. The highest BCUT2D eigenvalue weighted by atomic mass is 127. The summed E-state index contributed by atoms with van der Waals surface area (Å²) in [5.41, 5.74) is 2.55. The standard InChI is InChI=1S/C22H39N5O2S.HI/c1-4-23-22(24-14-9-15-26(3)30(28,29)5-2)25-18-20-10-12-21(13-11-20)19-27-16-7-6-8-17-27;/h10-13H,4-9,14-19H2,1-3H3,(H2,23,24,25);1H. The Balaban J connectivity index is 0.00000480. The van der Waals surface area contributed by atoms with Gasteiger partial charge in [0.2, 0.25) is 10.0 Å². The van der Waals surface area contributed by atoms with Crippen molar-refractivity contribution in [3.8, 4) is 0 Å². The maximum Gasteiger partial charge on any atom is 0.213 e. The second-order valence-corrected chi connectivity index (χ2v) is 10.2. The Morgan fingerprint density at radius 3 is 2.32 bits per heavy atom. The number of aliphatic imine (C=N–C) groups is 1. The van der Waals surface area contributed by atoms with E-state index in [9.17, 15) is 8.42 Å². The van der Waals surface area contributed by atoms with Crippen molar-refractivity contribution in [1.29, 1.82) is 0 Å². The van der Waals surface area contributed by atoms with E-state index in [2.05, 4.69) is 44.8 Å². The number of nitrogens with one attached hydrogen (secondary N) is 2. The van der Waals surface area contributed by atoms with Gasteiger partial charge in [-0.15, -0.1) is 24.0 Å². The lowest BCUT2D eigenvalue weighted by molar-refractivity contribution is 0.221. The first kappa shape index (κ1) is 28.1. The normalized spacial score (nSPS) is 15.5. The summed E-state index contributed by atoms with van der Waals surface area (Å²) in [6.45, 7) is 9.73. The Bertz CT molecular complexity index is 750. The third kappa shape index (κ3) is 10.5. The van der Waals surface area contributed by atoms with Crippen LogP contribution in [0.1, 0.15) is 50.7 Å². The van der Waals surface area contributed by atoms with E-state index < -0.39 is 10.0 Å². The van der Waals surface area contributed by atoms with Crippen molar-refractivity contribution in [1.82, 2.24) is 19.8 Å². The first-order valence-corrected chi connectivity index (χ1v) is 12.8. The van der Waals surface area contributed by atoms with Crippen molar-refractivity contribution in [2.24, 2.45) is 4.99 Å². The van der Waals surface area contributed by atoms with Crippen LogP contribution in [0.3, 0.4) is 0 Å². The SMILES string of the molecule is CCNC(=NCc1ccc(CN2CCCCC2)cc1)NCCCN(C)S(=O)(=O)CC.I. The number of hydrogen-bond donors (Lipinski definition) is 2. The second kappa shape index (κ2) is 15.0. The summed E-state index contributed by atoms with van der Waals surface area (Å²) in [7, 11) is -1.48. The highest BCUT2D eigenvalue weighted by molar-refractivity contribution is 14.0. The molecule has 0 atom stereocenters. The van der Waals surface area contributed by atoms with Crippen molar-refractivity contribution >= 4 is 40.0 Å². The molecule has 178 valence electrons. The number of piperidine rings is 1. The molecule has 0 aliphatic carbocycles. The molecule has 1 saturated heterocycles. The number of likely N-dealkylation sites (tertiary alicyclic amines) is 1. The Morgan fingerprint density at radius 1 is 1.06 bits per heavy atom. The van der Waals surface area contributed by atoms with E-state index in [-0.39, 0.29) is 29.7 Å². The van der Waals surface area contributed by atoms with Gasteiger partial charge in [0.25, 0.3) is 0 Å². The number of nitrogens with zero attached hydrogens (tertiary/aromatic N) is 3. The molecule has 0 bridgehead atoms. The van der Waals surface area contributed by atoms with Crippen molar-refractivity contribution in [3.05, 3.63) is 35.4 Å². The summed E-state index contributed by atoms with van der Waals surface area (Å²) in [6, 6.07) is 8.75. The van der Waals surface area contributed by atoms with E-state index in [4.69, 9.17) is 0 Å². The van der Waals surface area contributed by atoms with E-state index >= 15 is 0 Å². The van der Waals surface area contributed by atoms with Gasteiger partial charge < -0.3 is 10.6 Å². The average molecular weight is 566 g/mol. The topological polar surface area (TPSA) is 77.0 Å². The molecule has 0 aromatic heterocycles. The van der Waals surface area contributed by atoms with Gasteiger partial charge in [0.15, 0.2) is 5.96 Å². The van der Waals surface area contributed by atoms with Crippen LogP contribution in [0.2, 0.25) is 0 Å². The van der Waals surface area contributed by atoms with Gasteiger partial charge in [-0.05, 0) is 57.3 Å². The summed E-state index contributed by atoms with van der Waals surface area (Å²) < 4.78 is 25.0. The lowest BCUT2D eigenvalue weighted by Gasteiger charge is -2.26. The Labute approximate surface area is 206 Å². The van der Waals surface area contributed by atoms with Crippen LogP contribution >= 0.6 is 24.0 Å². The number of benzene rings is 1. The molecule has 1 fully saturated rings. The Kier molecular flexibility index (Phi) is 13.6. The lowest BCUT2D eigenvalue weighted by Crippen LogP contribution is -2.39. The fourth-order valence-corrected chi connectivity index (χ4v) is 4.35. The van der Waals surface area contributed by atoms with Crippen LogP contribution in [0.15, 0.2) is 29.3 Å². The van der Waals surface area contributed by atoms with Crippen LogP contribution < -0.4 is 10.6 Å². The summed E-state index contributed by atoms with van der Waals surface area (Å²) in [5.74, 6) is 0.897. The van der Waals surface area contributed by atoms with E-state index in [1.54, 1.807) is 14.0 Å². The smallest absolute Gasteiger partial charge is 0.213 e. The summed E-state index contributed by atoms with van der Waals surface area (Å²) >= 11 is 0. The van der Waals surface area contributed by atoms with Crippen molar-refractivity contribution in [3.63, 3.8) is 0 Å². The van der Waals surface area contributed by atoms with Crippen molar-refractivity contribution in [2.75, 3.05) is 45.5 Å². The number of sulfonamides is 1. The fraction of sp³-hybridized carbons (Fsp3) is 0.682. The van der Waals surface area contributed by atoms with Gasteiger partial charge in [-0.2, -0.15) is 0 Å². The van der Waals surface area contributed by atoms with Crippen LogP contribution in [0.4, 0.5) is 0 Å². The second-order valence-electron chi connectivity index (χ2n) is 7.85. The van der Waals surface area contributed by atoms with E-state index in [0.717, 1.165) is 25.5 Å². The van der Waals surface area contributed by atoms with Gasteiger partial charge in [0.1, 0.15) is 0 Å². The molecular weight excluding hydrogens is 525 g/mol. The molecule has 2 N–H and O–H groups in total. The minimum absolute atomic E-state index is 0. The van der Waals surface area contributed by atoms with Crippen LogP contribution in [-0.4, -0.2) is 69.1 Å². The fourth-order valence-electron chi connectivity index (χ4n) is 3.51. The molecule has 1 aromatic rings. The van der Waals surface area contributed by atoms with Gasteiger partial charge in [-0.25, -0.2) is 17.7 Å². The predicted molar refractivity (Wildman–Crippen MR) is 141 cm³/mol. The number of hydrogen-bond acceptors (Lipinski definition) is 4. The molecule has 1 aliphatic heterocycles. The van der Waals surface area contributed by atoms with Crippen LogP contribution in [0.25, 0.3) is 0 Å². The Hall–Kier alpha value is -0.910. The zero-order chi connectivity index (χ0) is 21.8. The number of rotatable bonds is 11. The molecule has 2 rings (SSSR count). The Morgan fingerprint density at radius 2 is 1.71 bits per heavy atom. The highest BCUT2D eigenvalue weighted by Gasteiger charge is 2.14. The largest absolute Gasteiger partial charge is 0.357 e. The zero-order valence-electron chi connectivity index (χ0n) is 19.3. The molecule has 31 heavy (non-hydrogen) atoms. The third-order valence-electron chi connectivity index (χ3n) is 5.42. The van der Waals surface area contributed by atoms with Crippen LogP contribution in [0, 0.1) is 0 Å². The van der Waals surface area contributed by atoms with Crippen molar-refractivity contribution < 1.29 is 8.42 Å². The third-order valence-corrected chi connectivity index (χ3v) is 7.29. The molecule has 7 nitrogen and oxygen atoms in total.